The van der Waals surface area contributed by atoms with Crippen LogP contribution in [0.25, 0.3) is 0 Å². The van der Waals surface area contributed by atoms with Gasteiger partial charge in [-0.05, 0) is 12.8 Å². The van der Waals surface area contributed by atoms with Gasteiger partial charge in [-0.15, -0.1) is 29.0 Å². The Labute approximate surface area is 86.7 Å². The van der Waals surface area contributed by atoms with Crippen LogP contribution >= 0.6 is 31.5 Å². The average molecular weight is 282 g/mol. The van der Waals surface area contributed by atoms with Crippen molar-refractivity contribution in [2.75, 3.05) is 0 Å². The van der Waals surface area contributed by atoms with E-state index in [-0.39, 0.29) is 0 Å². The Morgan fingerprint density at radius 3 is 2.45 bits per heavy atom. The van der Waals surface area contributed by atoms with Crippen LogP contribution in [0.1, 0.15) is 32.1 Å². The minimum absolute atomic E-state index is 0.770. The normalized spacial score (nSPS) is 9.64. The third kappa shape index (κ3) is 11.0. The second-order valence-electron chi connectivity index (χ2n) is 2.80. The van der Waals surface area contributed by atoms with Crippen LogP contribution in [-0.4, -0.2) is 4.29 Å². The predicted octanol–water partition coefficient (Wildman–Crippen LogP) is 3.92. The third-order valence-electron chi connectivity index (χ3n) is 1.64. The van der Waals surface area contributed by atoms with Crippen LogP contribution in [0.15, 0.2) is 12.7 Å². The summed E-state index contributed by atoms with van der Waals surface area (Å²) in [5.41, 5.74) is 0. The number of unbranched alkanes of at least 4 members (excludes halogenated alkanes) is 4. The standard InChI is InChI=1S/C8H17BIP/c1-2-3-4-5-6-7-8-9(10)11/h2H,1,3-8,11H2. The first-order valence-electron chi connectivity index (χ1n) is 4.28. The van der Waals surface area contributed by atoms with Crippen molar-refractivity contribution in [3.63, 3.8) is 0 Å². The van der Waals surface area contributed by atoms with Crippen LogP contribution < -0.4 is 0 Å². The SMILES string of the molecule is C=CCCCCCCB(P)I. The summed E-state index contributed by atoms with van der Waals surface area (Å²) < 4.78 is 0.770. The van der Waals surface area contributed by atoms with Crippen LogP contribution in [0.2, 0.25) is 6.32 Å². The molecule has 0 rings (SSSR count). The van der Waals surface area contributed by atoms with Crippen LogP contribution in [-0.2, 0) is 0 Å². The number of allylic oxidation sites excluding steroid dienone is 1. The Kier molecular flexibility index (Phi) is 9.85. The second-order valence-corrected chi connectivity index (χ2v) is 6.56. The smallest absolute Gasteiger partial charge is 0.159 e. The topological polar surface area (TPSA) is 0 Å². The fraction of sp³-hybridized carbons (Fsp3) is 0.750. The molecule has 1 atom stereocenters. The van der Waals surface area contributed by atoms with E-state index in [1.807, 2.05) is 6.08 Å². The Bertz CT molecular complexity index is 96.1. The van der Waals surface area contributed by atoms with E-state index in [9.17, 15) is 0 Å². The van der Waals surface area contributed by atoms with E-state index in [0.717, 1.165) is 4.29 Å². The number of rotatable bonds is 7. The Morgan fingerprint density at radius 1 is 1.27 bits per heavy atom. The molecule has 1 unspecified atom stereocenters. The summed E-state index contributed by atoms with van der Waals surface area (Å²) in [6.07, 6.45) is 10.0. The maximum atomic E-state index is 3.70. The molecule has 0 heterocycles. The van der Waals surface area contributed by atoms with Crippen molar-refractivity contribution >= 4 is 35.8 Å². The van der Waals surface area contributed by atoms with E-state index in [0.29, 0.717) is 0 Å². The molecule has 0 fully saturated rings. The van der Waals surface area contributed by atoms with Gasteiger partial charge < -0.3 is 0 Å². The lowest BCUT2D eigenvalue weighted by Gasteiger charge is -1.99. The van der Waals surface area contributed by atoms with Crippen LogP contribution in [0.3, 0.4) is 0 Å². The van der Waals surface area contributed by atoms with Gasteiger partial charge in [-0.3, -0.25) is 0 Å². The molecule has 0 aromatic heterocycles. The largest absolute Gasteiger partial charge is 0.239 e. The lowest BCUT2D eigenvalue weighted by atomic mass is 9.96. The average Bonchev–Trinajstić information content (AvgIpc) is 1.96. The number of hydrogen-bond acceptors (Lipinski definition) is 0. The van der Waals surface area contributed by atoms with Gasteiger partial charge in [0.1, 0.15) is 0 Å². The lowest BCUT2D eigenvalue weighted by Crippen LogP contribution is -1.88. The second kappa shape index (κ2) is 9.06. The zero-order chi connectivity index (χ0) is 8.53. The molecule has 0 bridgehead atoms. The van der Waals surface area contributed by atoms with Crippen LogP contribution in [0.4, 0.5) is 0 Å². The molecule has 0 amide bonds. The van der Waals surface area contributed by atoms with Crippen molar-refractivity contribution in [3.05, 3.63) is 12.7 Å². The van der Waals surface area contributed by atoms with Gasteiger partial charge in [0.2, 0.25) is 4.29 Å². The Balaban J connectivity index is 2.85. The molecule has 0 aliphatic rings. The highest BCUT2D eigenvalue weighted by atomic mass is 127. The molecule has 0 aliphatic carbocycles. The zero-order valence-corrected chi connectivity index (χ0v) is 10.4. The van der Waals surface area contributed by atoms with Crippen molar-refractivity contribution in [1.82, 2.24) is 0 Å². The number of halogens is 1. The van der Waals surface area contributed by atoms with Crippen LogP contribution in [0.5, 0.6) is 0 Å². The highest BCUT2D eigenvalue weighted by Crippen LogP contribution is 2.15. The molecular formula is C8H17BIP. The van der Waals surface area contributed by atoms with Gasteiger partial charge in [-0.25, -0.2) is 0 Å². The van der Waals surface area contributed by atoms with E-state index in [2.05, 4.69) is 38.1 Å². The monoisotopic (exact) mass is 282 g/mol. The lowest BCUT2D eigenvalue weighted by molar-refractivity contribution is 0.674. The molecule has 64 valence electrons. The molecule has 0 saturated carbocycles. The van der Waals surface area contributed by atoms with E-state index in [1.165, 1.54) is 38.4 Å². The quantitative estimate of drug-likeness (QED) is 0.218. The van der Waals surface area contributed by atoms with E-state index < -0.39 is 0 Å². The first kappa shape index (κ1) is 12.0. The maximum Gasteiger partial charge on any atom is 0.239 e. The number of hydrogen-bond donors (Lipinski definition) is 0. The first-order valence-corrected chi connectivity index (χ1v) is 6.19. The molecule has 11 heavy (non-hydrogen) atoms. The highest BCUT2D eigenvalue weighted by molar-refractivity contribution is 14.1. The Hall–Kier alpha value is 0.965. The molecule has 0 aromatic carbocycles. The predicted molar refractivity (Wildman–Crippen MR) is 67.6 cm³/mol. The Morgan fingerprint density at radius 2 is 1.91 bits per heavy atom. The van der Waals surface area contributed by atoms with E-state index in [1.54, 1.807) is 0 Å². The molecular weight excluding hydrogens is 265 g/mol. The highest BCUT2D eigenvalue weighted by Gasteiger charge is 1.99. The van der Waals surface area contributed by atoms with Crippen LogP contribution in [0, 0.1) is 0 Å². The molecule has 0 saturated heterocycles. The van der Waals surface area contributed by atoms with Gasteiger partial charge in [0.05, 0.1) is 0 Å². The van der Waals surface area contributed by atoms with Crippen molar-refractivity contribution in [2.45, 2.75) is 38.4 Å². The third-order valence-corrected chi connectivity index (χ3v) is 2.59. The van der Waals surface area contributed by atoms with Crippen molar-refractivity contribution in [3.8, 4) is 0 Å². The maximum absolute atomic E-state index is 3.70. The van der Waals surface area contributed by atoms with Gasteiger partial charge >= 0.3 is 0 Å². The molecule has 0 aliphatic heterocycles. The summed E-state index contributed by atoms with van der Waals surface area (Å²) in [5, 5.41) is 0. The summed E-state index contributed by atoms with van der Waals surface area (Å²) in [7, 11) is 2.84. The molecule has 0 N–H and O–H groups in total. The fourth-order valence-electron chi connectivity index (χ4n) is 0.982. The van der Waals surface area contributed by atoms with Crippen molar-refractivity contribution < 1.29 is 0 Å². The zero-order valence-electron chi connectivity index (χ0n) is 7.06. The first-order chi connectivity index (χ1) is 5.27. The summed E-state index contributed by atoms with van der Waals surface area (Å²) in [6, 6.07) is 0. The fourth-order valence-corrected chi connectivity index (χ4v) is 1.66. The molecule has 0 aromatic rings. The van der Waals surface area contributed by atoms with Gasteiger partial charge in [0, 0.05) is 0 Å². The summed E-state index contributed by atoms with van der Waals surface area (Å²) >= 11 is 2.46. The molecule has 0 radical (unpaired) electrons. The van der Waals surface area contributed by atoms with E-state index in [4.69, 9.17) is 0 Å². The van der Waals surface area contributed by atoms with Crippen molar-refractivity contribution in [2.24, 2.45) is 0 Å². The van der Waals surface area contributed by atoms with E-state index >= 15 is 0 Å². The molecule has 0 nitrogen and oxygen atoms in total. The minimum atomic E-state index is 0.770. The summed E-state index contributed by atoms with van der Waals surface area (Å²) in [4.78, 5) is 0. The molecule has 0 spiro atoms. The minimum Gasteiger partial charge on any atom is -0.159 e. The molecule has 3 heteroatoms. The van der Waals surface area contributed by atoms with Crippen molar-refractivity contribution in [1.29, 1.82) is 0 Å². The van der Waals surface area contributed by atoms with Gasteiger partial charge in [0.15, 0.2) is 0 Å². The van der Waals surface area contributed by atoms with Gasteiger partial charge in [-0.1, -0.05) is 31.7 Å². The van der Waals surface area contributed by atoms with Gasteiger partial charge in [-0.2, -0.15) is 9.12 Å². The van der Waals surface area contributed by atoms with Gasteiger partial charge in [0.25, 0.3) is 0 Å². The summed E-state index contributed by atoms with van der Waals surface area (Å²) in [5.74, 6) is 0. The summed E-state index contributed by atoms with van der Waals surface area (Å²) in [6.45, 7) is 3.70.